The minimum Gasteiger partial charge on any atom is -0.484 e. The third kappa shape index (κ3) is 4.63. The molecule has 126 valence electrons. The van der Waals surface area contributed by atoms with Gasteiger partial charge in [-0.15, -0.1) is 11.3 Å². The average Bonchev–Trinajstić information content (AvgIpc) is 2.89. The molecule has 0 unspecified atom stereocenters. The summed E-state index contributed by atoms with van der Waals surface area (Å²) in [5.74, 6) is 0.203. The van der Waals surface area contributed by atoms with Crippen LogP contribution in [-0.4, -0.2) is 23.7 Å². The first kappa shape index (κ1) is 17.6. The fourth-order valence-electron chi connectivity index (χ4n) is 1.89. The van der Waals surface area contributed by atoms with Crippen LogP contribution in [0.1, 0.15) is 20.9 Å². The number of aryl methyl sites for hydroxylation is 3. The number of carbonyl (C=O) groups excluding carboxylic acids is 1. The van der Waals surface area contributed by atoms with Crippen molar-refractivity contribution in [2.24, 2.45) is 5.10 Å². The van der Waals surface area contributed by atoms with Crippen molar-refractivity contribution in [1.29, 1.82) is 0 Å². The van der Waals surface area contributed by atoms with E-state index in [1.807, 2.05) is 26.0 Å². The highest BCUT2D eigenvalue weighted by Gasteiger charge is 2.14. The van der Waals surface area contributed by atoms with Gasteiger partial charge in [-0.25, -0.2) is 5.43 Å². The van der Waals surface area contributed by atoms with Crippen molar-refractivity contribution in [2.45, 2.75) is 20.8 Å². The van der Waals surface area contributed by atoms with Crippen molar-refractivity contribution < 1.29 is 14.5 Å². The fourth-order valence-corrected chi connectivity index (χ4v) is 2.76. The number of thiophene rings is 1. The lowest BCUT2D eigenvalue weighted by Crippen LogP contribution is -2.24. The number of hydrogen-bond acceptors (Lipinski definition) is 6. The summed E-state index contributed by atoms with van der Waals surface area (Å²) in [6.45, 7) is 5.46. The van der Waals surface area contributed by atoms with Crippen molar-refractivity contribution in [3.8, 4) is 5.75 Å². The van der Waals surface area contributed by atoms with Crippen molar-refractivity contribution >= 4 is 29.1 Å². The maximum Gasteiger partial charge on any atom is 0.283 e. The third-order valence-corrected chi connectivity index (χ3v) is 4.31. The Labute approximate surface area is 143 Å². The van der Waals surface area contributed by atoms with Crippen LogP contribution in [0.15, 0.2) is 29.4 Å². The van der Waals surface area contributed by atoms with Crippen LogP contribution in [-0.2, 0) is 4.79 Å². The standard InChI is InChI=1S/C16H17N3O4S/c1-10-4-5-13(6-11(10)2)23-9-16(20)18-17-8-14-7-15(19(21)22)12(3)24-14/h4-8H,9H2,1-3H3,(H,18,20)/b17-8-. The Balaban J connectivity index is 1.85. The van der Waals surface area contributed by atoms with Gasteiger partial charge in [0.05, 0.1) is 20.9 Å². The summed E-state index contributed by atoms with van der Waals surface area (Å²) in [4.78, 5) is 23.2. The molecule has 0 saturated carbocycles. The van der Waals surface area contributed by atoms with E-state index in [-0.39, 0.29) is 12.3 Å². The predicted octanol–water partition coefficient (Wildman–Crippen LogP) is 3.11. The number of carbonyl (C=O) groups is 1. The van der Waals surface area contributed by atoms with E-state index < -0.39 is 10.8 Å². The van der Waals surface area contributed by atoms with Gasteiger partial charge >= 0.3 is 0 Å². The number of nitrogens with zero attached hydrogens (tertiary/aromatic N) is 2. The molecule has 0 aliphatic rings. The highest BCUT2D eigenvalue weighted by Crippen LogP contribution is 2.26. The second-order valence-electron chi connectivity index (χ2n) is 5.18. The molecule has 0 saturated heterocycles. The lowest BCUT2D eigenvalue weighted by Gasteiger charge is -2.07. The predicted molar refractivity (Wildman–Crippen MR) is 92.9 cm³/mol. The van der Waals surface area contributed by atoms with E-state index in [2.05, 4.69) is 10.5 Å². The van der Waals surface area contributed by atoms with Gasteiger partial charge in [-0.05, 0) is 44.0 Å². The Morgan fingerprint density at radius 1 is 1.33 bits per heavy atom. The summed E-state index contributed by atoms with van der Waals surface area (Å²) >= 11 is 1.23. The quantitative estimate of drug-likeness (QED) is 0.493. The summed E-state index contributed by atoms with van der Waals surface area (Å²) in [6.07, 6.45) is 1.37. The smallest absolute Gasteiger partial charge is 0.283 e. The van der Waals surface area contributed by atoms with Crippen molar-refractivity contribution in [3.63, 3.8) is 0 Å². The van der Waals surface area contributed by atoms with Crippen molar-refractivity contribution in [1.82, 2.24) is 5.43 Å². The molecule has 0 aliphatic heterocycles. The van der Waals surface area contributed by atoms with Crippen molar-refractivity contribution in [3.05, 3.63) is 55.3 Å². The zero-order chi connectivity index (χ0) is 17.7. The van der Waals surface area contributed by atoms with E-state index in [9.17, 15) is 14.9 Å². The maximum absolute atomic E-state index is 11.7. The zero-order valence-electron chi connectivity index (χ0n) is 13.5. The van der Waals surface area contributed by atoms with E-state index in [1.165, 1.54) is 23.6 Å². The largest absolute Gasteiger partial charge is 0.484 e. The Kier molecular flexibility index (Phi) is 5.64. The first-order chi connectivity index (χ1) is 11.4. The van der Waals surface area contributed by atoms with Crippen LogP contribution in [0.3, 0.4) is 0 Å². The molecule has 1 amide bonds. The molecular formula is C16H17N3O4S. The highest BCUT2D eigenvalue weighted by molar-refractivity contribution is 7.14. The topological polar surface area (TPSA) is 93.8 Å². The van der Waals surface area contributed by atoms with E-state index in [4.69, 9.17) is 4.74 Å². The molecule has 1 heterocycles. The monoisotopic (exact) mass is 347 g/mol. The second-order valence-corrected chi connectivity index (χ2v) is 6.46. The molecule has 24 heavy (non-hydrogen) atoms. The van der Waals surface area contributed by atoms with Crippen LogP contribution in [0.2, 0.25) is 0 Å². The molecule has 1 aromatic carbocycles. The number of rotatable bonds is 6. The molecule has 0 fully saturated rings. The Bertz CT molecular complexity index is 799. The van der Waals surface area contributed by atoms with Gasteiger partial charge < -0.3 is 4.74 Å². The van der Waals surface area contributed by atoms with Gasteiger partial charge in [0.15, 0.2) is 6.61 Å². The van der Waals surface area contributed by atoms with Gasteiger partial charge in [-0.2, -0.15) is 5.10 Å². The van der Waals surface area contributed by atoms with E-state index in [1.54, 1.807) is 13.0 Å². The first-order valence-electron chi connectivity index (χ1n) is 7.13. The lowest BCUT2D eigenvalue weighted by molar-refractivity contribution is -0.385. The van der Waals surface area contributed by atoms with Gasteiger partial charge in [0.25, 0.3) is 11.6 Å². The molecule has 0 bridgehead atoms. The number of nitrogens with one attached hydrogen (secondary N) is 1. The lowest BCUT2D eigenvalue weighted by atomic mass is 10.1. The number of amides is 1. The Hall–Kier alpha value is -2.74. The van der Waals surface area contributed by atoms with Crippen LogP contribution in [0, 0.1) is 30.9 Å². The van der Waals surface area contributed by atoms with Gasteiger partial charge in [0.2, 0.25) is 0 Å². The summed E-state index contributed by atoms with van der Waals surface area (Å²) in [5.41, 5.74) is 4.61. The number of nitro groups is 1. The van der Waals surface area contributed by atoms with Crippen LogP contribution in [0.5, 0.6) is 5.75 Å². The number of hydrogen-bond donors (Lipinski definition) is 1. The molecule has 0 aliphatic carbocycles. The highest BCUT2D eigenvalue weighted by atomic mass is 32.1. The van der Waals surface area contributed by atoms with Crippen molar-refractivity contribution in [2.75, 3.05) is 6.61 Å². The summed E-state index contributed by atoms with van der Waals surface area (Å²) in [6, 6.07) is 7.00. The minimum atomic E-state index is -0.445. The molecule has 2 aromatic rings. The van der Waals surface area contributed by atoms with Crippen LogP contribution >= 0.6 is 11.3 Å². The fraction of sp³-hybridized carbons (Fsp3) is 0.250. The normalized spacial score (nSPS) is 10.8. The van der Waals surface area contributed by atoms with Gasteiger partial charge in [0.1, 0.15) is 5.75 Å². The molecular weight excluding hydrogens is 330 g/mol. The Morgan fingerprint density at radius 2 is 2.08 bits per heavy atom. The third-order valence-electron chi connectivity index (χ3n) is 3.34. The first-order valence-corrected chi connectivity index (χ1v) is 7.95. The van der Waals surface area contributed by atoms with Crippen LogP contribution in [0.4, 0.5) is 5.69 Å². The SMILES string of the molecule is Cc1ccc(OCC(=O)N/N=C\c2cc([N+](=O)[O-])c(C)s2)cc1C. The molecule has 1 N–H and O–H groups in total. The molecule has 8 heteroatoms. The summed E-state index contributed by atoms with van der Waals surface area (Å²) in [5, 5.41) is 14.5. The summed E-state index contributed by atoms with van der Waals surface area (Å²) < 4.78 is 5.39. The van der Waals surface area contributed by atoms with Crippen LogP contribution in [0.25, 0.3) is 0 Å². The minimum absolute atomic E-state index is 0.0471. The number of hydrazone groups is 1. The molecule has 7 nitrogen and oxygen atoms in total. The van der Waals surface area contributed by atoms with Gasteiger partial charge in [-0.1, -0.05) is 6.07 Å². The zero-order valence-corrected chi connectivity index (χ0v) is 14.3. The van der Waals surface area contributed by atoms with E-state index in [0.29, 0.717) is 15.5 Å². The molecule has 0 spiro atoms. The molecule has 2 rings (SSSR count). The maximum atomic E-state index is 11.7. The van der Waals surface area contributed by atoms with Gasteiger partial charge in [-0.3, -0.25) is 14.9 Å². The molecule has 0 radical (unpaired) electrons. The molecule has 0 atom stereocenters. The summed E-state index contributed by atoms with van der Waals surface area (Å²) in [7, 11) is 0. The molecule has 1 aromatic heterocycles. The average molecular weight is 347 g/mol. The Morgan fingerprint density at radius 3 is 2.71 bits per heavy atom. The van der Waals surface area contributed by atoms with Crippen LogP contribution < -0.4 is 10.2 Å². The van der Waals surface area contributed by atoms with Gasteiger partial charge in [0, 0.05) is 6.07 Å². The van der Waals surface area contributed by atoms with E-state index in [0.717, 1.165) is 11.1 Å². The number of benzene rings is 1. The van der Waals surface area contributed by atoms with E-state index >= 15 is 0 Å². The second kappa shape index (κ2) is 7.69. The number of ether oxygens (including phenoxy) is 1.